The molecule has 0 aliphatic carbocycles. The number of hydrogen-bond acceptors (Lipinski definition) is 2. The van der Waals surface area contributed by atoms with E-state index in [1.54, 1.807) is 12.1 Å². The zero-order valence-corrected chi connectivity index (χ0v) is 11.4. The van der Waals surface area contributed by atoms with Crippen molar-refractivity contribution in [2.75, 3.05) is 0 Å². The Bertz CT molecular complexity index is 656. The zero-order valence-electron chi connectivity index (χ0n) is 10.7. The van der Waals surface area contributed by atoms with Crippen LogP contribution in [0, 0.1) is 12.7 Å². The van der Waals surface area contributed by atoms with Crippen molar-refractivity contribution in [2.24, 2.45) is 0 Å². The smallest absolute Gasteiger partial charge is 0.339 e. The van der Waals surface area contributed by atoms with Crippen LogP contribution in [0.15, 0.2) is 36.4 Å². The summed E-state index contributed by atoms with van der Waals surface area (Å²) in [5, 5.41) is 9.40. The highest BCUT2D eigenvalue weighted by atomic mass is 35.5. The highest BCUT2D eigenvalue weighted by Crippen LogP contribution is 2.24. The molecule has 0 fully saturated rings. The van der Waals surface area contributed by atoms with Crippen LogP contribution in [0.2, 0.25) is 5.02 Å². The highest BCUT2D eigenvalue weighted by molar-refractivity contribution is 6.31. The number of aromatic carboxylic acids is 1. The van der Waals surface area contributed by atoms with E-state index >= 15 is 0 Å². The van der Waals surface area contributed by atoms with Crippen LogP contribution >= 0.6 is 11.6 Å². The largest absolute Gasteiger partial charge is 0.488 e. The first-order valence-corrected chi connectivity index (χ1v) is 6.26. The molecule has 0 bridgehead atoms. The van der Waals surface area contributed by atoms with Gasteiger partial charge in [-0.25, -0.2) is 9.18 Å². The molecule has 0 aliphatic heterocycles. The fourth-order valence-corrected chi connectivity index (χ4v) is 1.92. The normalized spacial score (nSPS) is 10.3. The molecule has 0 radical (unpaired) electrons. The maximum Gasteiger partial charge on any atom is 0.339 e. The lowest BCUT2D eigenvalue weighted by Crippen LogP contribution is -2.04. The Morgan fingerprint density at radius 1 is 1.30 bits per heavy atom. The molecule has 0 spiro atoms. The summed E-state index contributed by atoms with van der Waals surface area (Å²) < 4.78 is 18.6. The summed E-state index contributed by atoms with van der Waals surface area (Å²) in [4.78, 5) is 11.1. The van der Waals surface area contributed by atoms with Gasteiger partial charge in [-0.05, 0) is 48.4 Å². The van der Waals surface area contributed by atoms with Gasteiger partial charge in [0.25, 0.3) is 0 Å². The molecule has 2 aromatic rings. The van der Waals surface area contributed by atoms with Gasteiger partial charge in [0, 0.05) is 5.02 Å². The average molecular weight is 295 g/mol. The lowest BCUT2D eigenvalue weighted by molar-refractivity contribution is 0.0691. The number of hydrogen-bond donors (Lipinski definition) is 1. The first-order valence-electron chi connectivity index (χ1n) is 5.88. The molecule has 0 aromatic heterocycles. The molecule has 0 heterocycles. The van der Waals surface area contributed by atoms with Crippen molar-refractivity contribution in [3.05, 3.63) is 63.9 Å². The minimum Gasteiger partial charge on any atom is -0.488 e. The maximum atomic E-state index is 13.2. The second kappa shape index (κ2) is 5.92. The summed E-state index contributed by atoms with van der Waals surface area (Å²) in [6, 6.07) is 8.73. The summed E-state index contributed by atoms with van der Waals surface area (Å²) in [7, 11) is 0. The lowest BCUT2D eigenvalue weighted by atomic mass is 10.1. The second-order valence-electron chi connectivity index (χ2n) is 4.31. The van der Waals surface area contributed by atoms with Crippen molar-refractivity contribution in [3.63, 3.8) is 0 Å². The van der Waals surface area contributed by atoms with E-state index in [1.165, 1.54) is 24.3 Å². The molecular weight excluding hydrogens is 283 g/mol. The van der Waals surface area contributed by atoms with Crippen molar-refractivity contribution in [1.29, 1.82) is 0 Å². The van der Waals surface area contributed by atoms with Crippen LogP contribution in [0.5, 0.6) is 5.75 Å². The third-order valence-electron chi connectivity index (χ3n) is 2.87. The minimum absolute atomic E-state index is 0.0217. The molecule has 3 nitrogen and oxygen atoms in total. The highest BCUT2D eigenvalue weighted by Gasteiger charge is 2.12. The summed E-state index contributed by atoms with van der Waals surface area (Å²) in [5.74, 6) is -1.28. The minimum atomic E-state index is -1.13. The van der Waals surface area contributed by atoms with Gasteiger partial charge in [0.2, 0.25) is 0 Å². The van der Waals surface area contributed by atoms with Crippen molar-refractivity contribution in [3.8, 4) is 5.75 Å². The Labute approximate surface area is 120 Å². The Hall–Kier alpha value is -2.07. The van der Waals surface area contributed by atoms with Gasteiger partial charge in [-0.3, -0.25) is 0 Å². The molecule has 0 amide bonds. The van der Waals surface area contributed by atoms with Crippen LogP contribution in [-0.2, 0) is 6.61 Å². The van der Waals surface area contributed by atoms with Crippen LogP contribution < -0.4 is 4.74 Å². The quantitative estimate of drug-likeness (QED) is 0.925. The van der Waals surface area contributed by atoms with Crippen LogP contribution in [0.4, 0.5) is 4.39 Å². The first-order chi connectivity index (χ1) is 9.47. The molecule has 20 heavy (non-hydrogen) atoms. The van der Waals surface area contributed by atoms with Crippen LogP contribution in [-0.4, -0.2) is 11.1 Å². The van der Waals surface area contributed by atoms with Gasteiger partial charge < -0.3 is 9.84 Å². The number of aryl methyl sites for hydroxylation is 1. The van der Waals surface area contributed by atoms with Gasteiger partial charge >= 0.3 is 5.97 Å². The molecule has 0 saturated carbocycles. The zero-order chi connectivity index (χ0) is 14.7. The van der Waals surface area contributed by atoms with E-state index in [0.29, 0.717) is 10.6 Å². The third-order valence-corrected chi connectivity index (χ3v) is 3.10. The third kappa shape index (κ3) is 3.27. The summed E-state index contributed by atoms with van der Waals surface area (Å²) in [5.41, 5.74) is 1.51. The Morgan fingerprint density at radius 2 is 2.05 bits per heavy atom. The number of carbonyl (C=O) groups is 1. The number of carboxylic acid groups (broad SMARTS) is 1. The molecule has 0 unspecified atom stereocenters. The number of halogens is 2. The lowest BCUT2D eigenvalue weighted by Gasteiger charge is -2.11. The number of ether oxygens (including phenoxy) is 1. The van der Waals surface area contributed by atoms with Gasteiger partial charge in [-0.2, -0.15) is 0 Å². The predicted octanol–water partition coefficient (Wildman–Crippen LogP) is 4.06. The van der Waals surface area contributed by atoms with Crippen LogP contribution in [0.3, 0.4) is 0 Å². The monoisotopic (exact) mass is 294 g/mol. The number of rotatable bonds is 4. The van der Waals surface area contributed by atoms with Crippen molar-refractivity contribution < 1.29 is 19.0 Å². The van der Waals surface area contributed by atoms with E-state index in [4.69, 9.17) is 21.4 Å². The second-order valence-corrected chi connectivity index (χ2v) is 4.74. The predicted molar refractivity (Wildman–Crippen MR) is 73.9 cm³/mol. The molecule has 2 rings (SSSR count). The maximum absolute atomic E-state index is 13.2. The summed E-state index contributed by atoms with van der Waals surface area (Å²) in [6.07, 6.45) is 0. The van der Waals surface area contributed by atoms with Gasteiger partial charge in [0.15, 0.2) is 0 Å². The fraction of sp³-hybridized carbons (Fsp3) is 0.133. The number of benzene rings is 2. The standard InChI is InChI=1S/C15H12ClFO3/c1-9-2-4-12(17)6-10(9)8-20-14-5-3-11(16)7-13(14)15(18)19/h2-7H,8H2,1H3,(H,18,19). The Balaban J connectivity index is 2.23. The van der Waals surface area contributed by atoms with Gasteiger partial charge in [-0.15, -0.1) is 0 Å². The van der Waals surface area contributed by atoms with E-state index in [2.05, 4.69) is 0 Å². The van der Waals surface area contributed by atoms with Gasteiger partial charge in [0.1, 0.15) is 23.7 Å². The Morgan fingerprint density at radius 3 is 2.75 bits per heavy atom. The Kier molecular flexibility index (Phi) is 4.25. The molecule has 104 valence electrons. The molecule has 0 atom stereocenters. The molecular formula is C15H12ClFO3. The van der Waals surface area contributed by atoms with E-state index in [1.807, 2.05) is 6.92 Å². The SMILES string of the molecule is Cc1ccc(F)cc1COc1ccc(Cl)cc1C(=O)O. The first kappa shape index (κ1) is 14.3. The molecule has 5 heteroatoms. The van der Waals surface area contributed by atoms with Gasteiger partial charge in [0.05, 0.1) is 0 Å². The van der Waals surface area contributed by atoms with E-state index in [9.17, 15) is 9.18 Å². The summed E-state index contributed by atoms with van der Waals surface area (Å²) in [6.45, 7) is 1.92. The van der Waals surface area contributed by atoms with Crippen molar-refractivity contribution >= 4 is 17.6 Å². The summed E-state index contributed by atoms with van der Waals surface area (Å²) >= 11 is 5.76. The molecule has 0 aliphatic rings. The van der Waals surface area contributed by atoms with Crippen LogP contribution in [0.1, 0.15) is 21.5 Å². The fourth-order valence-electron chi connectivity index (χ4n) is 1.75. The van der Waals surface area contributed by atoms with Crippen LogP contribution in [0.25, 0.3) is 0 Å². The molecule has 1 N–H and O–H groups in total. The van der Waals surface area contributed by atoms with E-state index in [-0.39, 0.29) is 23.7 Å². The van der Waals surface area contributed by atoms with Crippen molar-refractivity contribution in [2.45, 2.75) is 13.5 Å². The van der Waals surface area contributed by atoms with E-state index < -0.39 is 5.97 Å². The molecule has 2 aromatic carbocycles. The molecule has 0 saturated heterocycles. The topological polar surface area (TPSA) is 46.5 Å². The van der Waals surface area contributed by atoms with E-state index in [0.717, 1.165) is 5.56 Å². The average Bonchev–Trinajstić information content (AvgIpc) is 2.40. The van der Waals surface area contributed by atoms with Gasteiger partial charge in [-0.1, -0.05) is 17.7 Å². The van der Waals surface area contributed by atoms with Crippen molar-refractivity contribution in [1.82, 2.24) is 0 Å². The number of carboxylic acids is 1.